The van der Waals surface area contributed by atoms with Gasteiger partial charge in [-0.15, -0.1) is 0 Å². The van der Waals surface area contributed by atoms with Crippen LogP contribution in [0.1, 0.15) is 30.7 Å². The number of ether oxygens (including phenoxy) is 2. The van der Waals surface area contributed by atoms with E-state index in [1.54, 1.807) is 13.4 Å². The smallest absolute Gasteiger partial charge is 0.191 e. The van der Waals surface area contributed by atoms with E-state index >= 15 is 0 Å². The van der Waals surface area contributed by atoms with Gasteiger partial charge in [0.15, 0.2) is 5.96 Å². The van der Waals surface area contributed by atoms with Crippen molar-refractivity contribution in [2.24, 2.45) is 4.99 Å². The molecule has 2 N–H and O–H groups in total. The van der Waals surface area contributed by atoms with E-state index in [-0.39, 0.29) is 6.04 Å². The number of guanidine groups is 1. The molecule has 1 heterocycles. The van der Waals surface area contributed by atoms with Gasteiger partial charge in [-0.25, -0.2) is 4.99 Å². The summed E-state index contributed by atoms with van der Waals surface area (Å²) in [6, 6.07) is 12.0. The van der Waals surface area contributed by atoms with Crippen LogP contribution >= 0.6 is 0 Å². The molecule has 7 heteroatoms. The van der Waals surface area contributed by atoms with Crippen LogP contribution in [-0.4, -0.2) is 58.4 Å². The number of hydrogen-bond acceptors (Lipinski definition) is 5. The summed E-state index contributed by atoms with van der Waals surface area (Å²) in [4.78, 5) is 6.87. The van der Waals surface area contributed by atoms with Crippen molar-refractivity contribution in [1.29, 1.82) is 0 Å². The molecule has 0 amide bonds. The minimum absolute atomic E-state index is 0.112. The maximum atomic E-state index is 5.60. The topological polar surface area (TPSA) is 71.3 Å². The van der Waals surface area contributed by atoms with Crippen molar-refractivity contribution in [3.8, 4) is 5.75 Å². The lowest BCUT2D eigenvalue weighted by atomic mass is 10.2. The van der Waals surface area contributed by atoms with Crippen LogP contribution in [0.15, 0.2) is 52.1 Å². The Morgan fingerprint density at radius 2 is 1.97 bits per heavy atom. The van der Waals surface area contributed by atoms with Crippen LogP contribution < -0.4 is 15.4 Å². The molecule has 0 aliphatic heterocycles. The summed E-state index contributed by atoms with van der Waals surface area (Å²) in [7, 11) is 5.75. The van der Waals surface area contributed by atoms with Gasteiger partial charge >= 0.3 is 0 Å². The number of aliphatic imine (C=N–C) groups is 1. The van der Waals surface area contributed by atoms with Crippen molar-refractivity contribution >= 4 is 5.96 Å². The third-order valence-corrected chi connectivity index (χ3v) is 4.50. The number of methoxy groups -OCH3 is 1. The Morgan fingerprint density at radius 3 is 2.59 bits per heavy atom. The highest BCUT2D eigenvalue weighted by molar-refractivity contribution is 5.79. The van der Waals surface area contributed by atoms with E-state index in [9.17, 15) is 0 Å². The molecule has 1 aromatic carbocycles. The zero-order valence-corrected chi connectivity index (χ0v) is 18.0. The number of nitrogens with one attached hydrogen (secondary N) is 2. The van der Waals surface area contributed by atoms with Gasteiger partial charge in [-0.1, -0.05) is 12.1 Å². The minimum atomic E-state index is 0.112. The third kappa shape index (κ3) is 8.17. The molecule has 160 valence electrons. The first-order valence-corrected chi connectivity index (χ1v) is 10.1. The normalized spacial score (nSPS) is 12.8. The molecule has 2 aromatic rings. The van der Waals surface area contributed by atoms with E-state index in [1.807, 2.05) is 57.4 Å². The zero-order chi connectivity index (χ0) is 20.9. The fraction of sp³-hybridized carbons (Fsp3) is 0.500. The zero-order valence-electron chi connectivity index (χ0n) is 18.0. The molecule has 1 unspecified atom stereocenters. The highest BCUT2D eigenvalue weighted by Crippen LogP contribution is 2.17. The summed E-state index contributed by atoms with van der Waals surface area (Å²) in [5.41, 5.74) is 1.12. The van der Waals surface area contributed by atoms with Crippen LogP contribution in [-0.2, 0) is 11.3 Å². The number of hydrogen-bond donors (Lipinski definition) is 2. The van der Waals surface area contributed by atoms with Crippen molar-refractivity contribution in [2.75, 3.05) is 47.5 Å². The lowest BCUT2D eigenvalue weighted by molar-refractivity contribution is 0.145. The van der Waals surface area contributed by atoms with Crippen molar-refractivity contribution in [1.82, 2.24) is 15.5 Å². The third-order valence-electron chi connectivity index (χ3n) is 4.50. The second-order valence-electron chi connectivity index (χ2n) is 6.87. The van der Waals surface area contributed by atoms with Crippen molar-refractivity contribution in [2.45, 2.75) is 25.9 Å². The van der Waals surface area contributed by atoms with Gasteiger partial charge in [0.2, 0.25) is 0 Å². The maximum Gasteiger partial charge on any atom is 0.191 e. The number of benzene rings is 1. The number of rotatable bonds is 12. The molecule has 0 fully saturated rings. The highest BCUT2D eigenvalue weighted by atomic mass is 16.5. The Morgan fingerprint density at radius 1 is 1.17 bits per heavy atom. The largest absolute Gasteiger partial charge is 0.497 e. The molecule has 7 nitrogen and oxygen atoms in total. The van der Waals surface area contributed by atoms with Crippen LogP contribution in [0.25, 0.3) is 0 Å². The van der Waals surface area contributed by atoms with Crippen LogP contribution in [0.3, 0.4) is 0 Å². The van der Waals surface area contributed by atoms with E-state index in [0.717, 1.165) is 49.2 Å². The van der Waals surface area contributed by atoms with Crippen molar-refractivity contribution in [3.63, 3.8) is 0 Å². The molecule has 1 atom stereocenters. The van der Waals surface area contributed by atoms with E-state index in [2.05, 4.69) is 15.5 Å². The van der Waals surface area contributed by atoms with Gasteiger partial charge in [-0.2, -0.15) is 0 Å². The summed E-state index contributed by atoms with van der Waals surface area (Å²) in [5, 5.41) is 6.84. The van der Waals surface area contributed by atoms with Crippen molar-refractivity contribution < 1.29 is 13.9 Å². The minimum Gasteiger partial charge on any atom is -0.497 e. The number of furan rings is 1. The molecule has 2 rings (SSSR count). The monoisotopic (exact) mass is 402 g/mol. The number of likely N-dealkylation sites (N-methyl/N-ethyl adjacent to an activating group) is 1. The molecular formula is C22H34N4O3. The summed E-state index contributed by atoms with van der Waals surface area (Å²) < 4.78 is 16.2. The average Bonchev–Trinajstić information content (AvgIpc) is 3.26. The molecule has 0 saturated heterocycles. The quantitative estimate of drug-likeness (QED) is 0.323. The predicted molar refractivity (Wildman–Crippen MR) is 116 cm³/mol. The van der Waals surface area contributed by atoms with Crippen LogP contribution in [0.5, 0.6) is 5.75 Å². The first-order chi connectivity index (χ1) is 14.1. The SMILES string of the molecule is CCOCCCNC(=NCc1ccc(OC)cc1)NCC(c1ccco1)N(C)C. The fourth-order valence-corrected chi connectivity index (χ4v) is 2.81. The van der Waals surface area contributed by atoms with E-state index in [4.69, 9.17) is 18.9 Å². The Balaban J connectivity index is 1.98. The molecular weight excluding hydrogens is 368 g/mol. The van der Waals surface area contributed by atoms with Crippen LogP contribution in [0, 0.1) is 0 Å². The standard InChI is InChI=1S/C22H34N4O3/c1-5-28-14-7-13-23-22(24-16-18-9-11-19(27-4)12-10-18)25-17-20(26(2)3)21-8-6-15-29-21/h6,8-12,15,20H,5,7,13-14,16-17H2,1-4H3,(H2,23,24,25). The Labute approximate surface area is 174 Å². The molecule has 0 saturated carbocycles. The first-order valence-electron chi connectivity index (χ1n) is 10.1. The van der Waals surface area contributed by atoms with Gasteiger partial charge in [-0.05, 0) is 57.3 Å². The number of nitrogens with zero attached hydrogens (tertiary/aromatic N) is 2. The highest BCUT2D eigenvalue weighted by Gasteiger charge is 2.17. The second-order valence-corrected chi connectivity index (χ2v) is 6.87. The van der Waals surface area contributed by atoms with Gasteiger partial charge in [0.25, 0.3) is 0 Å². The van der Waals surface area contributed by atoms with Gasteiger partial charge < -0.3 is 24.5 Å². The molecule has 29 heavy (non-hydrogen) atoms. The van der Waals surface area contributed by atoms with Gasteiger partial charge in [-0.3, -0.25) is 4.90 Å². The molecule has 1 aromatic heterocycles. The van der Waals surface area contributed by atoms with Gasteiger partial charge in [0, 0.05) is 26.3 Å². The fourth-order valence-electron chi connectivity index (χ4n) is 2.81. The first kappa shape index (κ1) is 22.8. The lowest BCUT2D eigenvalue weighted by Crippen LogP contribution is -2.42. The lowest BCUT2D eigenvalue weighted by Gasteiger charge is -2.24. The molecule has 0 aliphatic rings. The van der Waals surface area contributed by atoms with Gasteiger partial charge in [0.05, 0.1) is 26.0 Å². The summed E-state index contributed by atoms with van der Waals surface area (Å²) in [5.74, 6) is 2.54. The second kappa shape index (κ2) is 12.9. The van der Waals surface area contributed by atoms with E-state index in [1.165, 1.54) is 0 Å². The average molecular weight is 403 g/mol. The van der Waals surface area contributed by atoms with Crippen molar-refractivity contribution in [3.05, 3.63) is 54.0 Å². The summed E-state index contributed by atoms with van der Waals surface area (Å²) in [6.45, 7) is 5.54. The van der Waals surface area contributed by atoms with E-state index in [0.29, 0.717) is 13.1 Å². The predicted octanol–water partition coefficient (Wildman–Crippen LogP) is 3.05. The Kier molecular flexibility index (Phi) is 10.1. The van der Waals surface area contributed by atoms with Gasteiger partial charge in [0.1, 0.15) is 11.5 Å². The molecule has 0 aliphatic carbocycles. The summed E-state index contributed by atoms with van der Waals surface area (Å²) in [6.07, 6.45) is 2.63. The summed E-state index contributed by atoms with van der Waals surface area (Å²) >= 11 is 0. The molecule has 0 radical (unpaired) electrons. The Bertz CT molecular complexity index is 699. The molecule has 0 spiro atoms. The Hall–Kier alpha value is -2.51. The van der Waals surface area contributed by atoms with E-state index < -0.39 is 0 Å². The van der Waals surface area contributed by atoms with Crippen LogP contribution in [0.2, 0.25) is 0 Å². The maximum absolute atomic E-state index is 5.60. The van der Waals surface area contributed by atoms with Crippen LogP contribution in [0.4, 0.5) is 0 Å². The molecule has 0 bridgehead atoms.